The molecule has 0 aliphatic rings. The Morgan fingerprint density at radius 2 is 2.05 bits per heavy atom. The quantitative estimate of drug-likeness (QED) is 0.748. The van der Waals surface area contributed by atoms with Gasteiger partial charge in [0.25, 0.3) is 5.89 Å². The predicted octanol–water partition coefficient (Wildman–Crippen LogP) is 3.13. The van der Waals surface area contributed by atoms with Gasteiger partial charge < -0.3 is 15.0 Å². The van der Waals surface area contributed by atoms with Crippen molar-refractivity contribution in [1.82, 2.24) is 10.1 Å². The smallest absolute Gasteiger partial charge is 0.260 e. The van der Waals surface area contributed by atoms with Crippen LogP contribution in [0.5, 0.6) is 5.75 Å². The number of rotatable bonds is 3. The number of halogens is 1. The normalized spacial score (nSPS) is 10.6. The molecule has 0 radical (unpaired) electrons. The van der Waals surface area contributed by atoms with Crippen molar-refractivity contribution in [3.8, 4) is 28.6 Å². The number of hydrogen-bond acceptors (Lipinski definition) is 5. The van der Waals surface area contributed by atoms with Gasteiger partial charge in [0.1, 0.15) is 11.6 Å². The molecule has 106 valence electrons. The van der Waals surface area contributed by atoms with E-state index in [-0.39, 0.29) is 11.6 Å². The molecular weight excluding hydrogens is 273 g/mol. The fourth-order valence-corrected chi connectivity index (χ4v) is 1.94. The average molecular weight is 285 g/mol. The summed E-state index contributed by atoms with van der Waals surface area (Å²) in [5, 5.41) is 3.91. The molecule has 0 saturated heterocycles. The zero-order chi connectivity index (χ0) is 14.8. The van der Waals surface area contributed by atoms with E-state index in [1.165, 1.54) is 18.2 Å². The number of hydrogen-bond donors (Lipinski definition) is 1. The van der Waals surface area contributed by atoms with E-state index in [4.69, 9.17) is 15.0 Å². The highest BCUT2D eigenvalue weighted by Crippen LogP contribution is 2.28. The summed E-state index contributed by atoms with van der Waals surface area (Å²) in [5.41, 5.74) is 7.26. The van der Waals surface area contributed by atoms with Gasteiger partial charge in [-0.2, -0.15) is 4.98 Å². The maximum absolute atomic E-state index is 13.1. The zero-order valence-corrected chi connectivity index (χ0v) is 11.2. The third kappa shape index (κ3) is 2.55. The summed E-state index contributed by atoms with van der Waals surface area (Å²) >= 11 is 0. The molecule has 6 heteroatoms. The highest BCUT2D eigenvalue weighted by Gasteiger charge is 2.13. The average Bonchev–Trinajstić information content (AvgIpc) is 2.97. The topological polar surface area (TPSA) is 74.2 Å². The number of ether oxygens (including phenoxy) is 1. The SMILES string of the molecule is COc1cccc(-c2noc(-c3ccc(F)cc3N)n2)c1. The molecule has 0 fully saturated rings. The molecule has 0 spiro atoms. The van der Waals surface area contributed by atoms with Gasteiger partial charge in [-0.25, -0.2) is 4.39 Å². The Morgan fingerprint density at radius 1 is 1.19 bits per heavy atom. The van der Waals surface area contributed by atoms with Gasteiger partial charge in [0.2, 0.25) is 5.82 Å². The van der Waals surface area contributed by atoms with Crippen molar-refractivity contribution in [1.29, 1.82) is 0 Å². The zero-order valence-electron chi connectivity index (χ0n) is 11.2. The van der Waals surface area contributed by atoms with Crippen LogP contribution in [0.2, 0.25) is 0 Å². The third-order valence-electron chi connectivity index (χ3n) is 3.00. The lowest BCUT2D eigenvalue weighted by Gasteiger charge is -2.00. The summed E-state index contributed by atoms with van der Waals surface area (Å²) < 4.78 is 23.4. The summed E-state index contributed by atoms with van der Waals surface area (Å²) in [6.45, 7) is 0. The molecule has 21 heavy (non-hydrogen) atoms. The van der Waals surface area contributed by atoms with E-state index in [9.17, 15) is 4.39 Å². The van der Waals surface area contributed by atoms with Gasteiger partial charge in [-0.1, -0.05) is 17.3 Å². The molecule has 1 heterocycles. The molecule has 0 saturated carbocycles. The number of nitrogens with two attached hydrogens (primary N) is 1. The van der Waals surface area contributed by atoms with E-state index in [1.54, 1.807) is 13.2 Å². The van der Waals surface area contributed by atoms with E-state index >= 15 is 0 Å². The van der Waals surface area contributed by atoms with Crippen molar-refractivity contribution in [2.45, 2.75) is 0 Å². The molecular formula is C15H12FN3O2. The first-order valence-corrected chi connectivity index (χ1v) is 6.21. The summed E-state index contributed by atoms with van der Waals surface area (Å²) in [6, 6.07) is 11.3. The van der Waals surface area contributed by atoms with Crippen LogP contribution in [0, 0.1) is 5.82 Å². The van der Waals surface area contributed by atoms with Gasteiger partial charge >= 0.3 is 0 Å². The second kappa shape index (κ2) is 5.24. The standard InChI is InChI=1S/C15H12FN3O2/c1-20-11-4-2-3-9(7-11)14-18-15(21-19-14)12-6-5-10(16)8-13(12)17/h2-8H,17H2,1H3. The number of nitrogen functional groups attached to an aromatic ring is 1. The van der Waals surface area contributed by atoms with Gasteiger partial charge in [0.15, 0.2) is 0 Å². The van der Waals surface area contributed by atoms with Crippen LogP contribution < -0.4 is 10.5 Å². The largest absolute Gasteiger partial charge is 0.497 e. The summed E-state index contributed by atoms with van der Waals surface area (Å²) in [5.74, 6) is 0.932. The third-order valence-corrected chi connectivity index (χ3v) is 3.00. The van der Waals surface area contributed by atoms with E-state index in [0.29, 0.717) is 17.1 Å². The molecule has 0 bridgehead atoms. The number of methoxy groups -OCH3 is 1. The fraction of sp³-hybridized carbons (Fsp3) is 0.0667. The second-order valence-electron chi connectivity index (χ2n) is 4.39. The maximum atomic E-state index is 13.1. The molecule has 1 aromatic heterocycles. The van der Waals surface area contributed by atoms with Crippen molar-refractivity contribution in [2.75, 3.05) is 12.8 Å². The van der Waals surface area contributed by atoms with Gasteiger partial charge in [0.05, 0.1) is 12.7 Å². The molecule has 5 nitrogen and oxygen atoms in total. The summed E-state index contributed by atoms with van der Waals surface area (Å²) in [4.78, 5) is 4.28. The van der Waals surface area contributed by atoms with Crippen LogP contribution in [0.15, 0.2) is 47.0 Å². The molecule has 3 rings (SSSR count). The van der Waals surface area contributed by atoms with Gasteiger partial charge in [-0.15, -0.1) is 0 Å². The van der Waals surface area contributed by atoms with E-state index in [2.05, 4.69) is 10.1 Å². The molecule has 0 unspecified atom stereocenters. The Hall–Kier alpha value is -2.89. The van der Waals surface area contributed by atoms with E-state index in [1.807, 2.05) is 18.2 Å². The van der Waals surface area contributed by atoms with Crippen LogP contribution >= 0.6 is 0 Å². The lowest BCUT2D eigenvalue weighted by atomic mass is 10.1. The van der Waals surface area contributed by atoms with Crippen LogP contribution in [-0.4, -0.2) is 17.3 Å². The second-order valence-corrected chi connectivity index (χ2v) is 4.39. The van der Waals surface area contributed by atoms with Gasteiger partial charge in [-0.3, -0.25) is 0 Å². The highest BCUT2D eigenvalue weighted by molar-refractivity contribution is 5.71. The number of aromatic nitrogens is 2. The summed E-state index contributed by atoms with van der Waals surface area (Å²) in [7, 11) is 1.58. The minimum atomic E-state index is -0.413. The Bertz CT molecular complexity index is 786. The highest BCUT2D eigenvalue weighted by atomic mass is 19.1. The van der Waals surface area contributed by atoms with E-state index in [0.717, 1.165) is 5.56 Å². The summed E-state index contributed by atoms with van der Waals surface area (Å²) in [6.07, 6.45) is 0. The number of nitrogens with zero attached hydrogens (tertiary/aromatic N) is 2. The molecule has 0 amide bonds. The van der Waals surface area contributed by atoms with Crippen LogP contribution in [0.25, 0.3) is 22.8 Å². The van der Waals surface area contributed by atoms with Crippen molar-refractivity contribution in [3.05, 3.63) is 48.3 Å². The molecule has 0 aliphatic heterocycles. The minimum Gasteiger partial charge on any atom is -0.497 e. The molecule has 3 aromatic rings. The fourth-order valence-electron chi connectivity index (χ4n) is 1.94. The van der Waals surface area contributed by atoms with E-state index < -0.39 is 5.82 Å². The minimum absolute atomic E-state index is 0.241. The molecule has 2 N–H and O–H groups in total. The van der Waals surface area contributed by atoms with Gasteiger partial charge in [-0.05, 0) is 30.3 Å². The lowest BCUT2D eigenvalue weighted by molar-refractivity contribution is 0.414. The van der Waals surface area contributed by atoms with Crippen molar-refractivity contribution in [3.63, 3.8) is 0 Å². The lowest BCUT2D eigenvalue weighted by Crippen LogP contribution is -1.91. The van der Waals surface area contributed by atoms with Gasteiger partial charge in [0, 0.05) is 11.3 Å². The van der Waals surface area contributed by atoms with Crippen molar-refractivity contribution >= 4 is 5.69 Å². The van der Waals surface area contributed by atoms with Crippen molar-refractivity contribution < 1.29 is 13.7 Å². The number of benzene rings is 2. The molecule has 0 atom stereocenters. The van der Waals surface area contributed by atoms with Crippen LogP contribution in [0.4, 0.5) is 10.1 Å². The van der Waals surface area contributed by atoms with Crippen LogP contribution in [-0.2, 0) is 0 Å². The van der Waals surface area contributed by atoms with Crippen LogP contribution in [0.3, 0.4) is 0 Å². The Balaban J connectivity index is 1.99. The maximum Gasteiger partial charge on any atom is 0.260 e. The number of anilines is 1. The Labute approximate surface area is 120 Å². The monoisotopic (exact) mass is 285 g/mol. The first kappa shape index (κ1) is 13.1. The molecule has 0 aliphatic carbocycles. The first-order valence-electron chi connectivity index (χ1n) is 6.21. The molecule has 2 aromatic carbocycles. The van der Waals surface area contributed by atoms with Crippen LogP contribution in [0.1, 0.15) is 0 Å². The Kier molecular flexibility index (Phi) is 3.27. The Morgan fingerprint density at radius 3 is 2.81 bits per heavy atom. The first-order chi connectivity index (χ1) is 10.2. The predicted molar refractivity (Wildman–Crippen MR) is 76.1 cm³/mol. The van der Waals surface area contributed by atoms with Crippen molar-refractivity contribution in [2.24, 2.45) is 0 Å².